The molecular weight excluding hydrogens is 310 g/mol. The molecule has 114 valence electrons. The van der Waals surface area contributed by atoms with Crippen LogP contribution in [0.3, 0.4) is 0 Å². The first-order chi connectivity index (χ1) is 11.4. The fourth-order valence-corrected chi connectivity index (χ4v) is 8.70. The minimum Gasteiger partial charge on any atom is -0.387 e. The minimum atomic E-state index is -0.892. The lowest BCUT2D eigenvalue weighted by Crippen LogP contribution is -2.46. The third-order valence-electron chi connectivity index (χ3n) is 4.01. The Morgan fingerprint density at radius 2 is 1.13 bits per heavy atom. The van der Waals surface area contributed by atoms with E-state index in [1.807, 2.05) is 0 Å². The van der Waals surface area contributed by atoms with Gasteiger partial charge in [0.05, 0.1) is 0 Å². The van der Waals surface area contributed by atoms with E-state index in [2.05, 4.69) is 102 Å². The maximum atomic E-state index is 2.77. The maximum Gasteiger partial charge on any atom is 0.389 e. The van der Waals surface area contributed by atoms with Crippen molar-refractivity contribution in [3.63, 3.8) is 0 Å². The van der Waals surface area contributed by atoms with E-state index in [0.717, 1.165) is 6.54 Å². The highest BCUT2D eigenvalue weighted by Crippen LogP contribution is 1.91. The third-order valence-corrected chi connectivity index (χ3v) is 9.81. The van der Waals surface area contributed by atoms with Crippen LogP contribution in [0, 0.1) is 0 Å². The van der Waals surface area contributed by atoms with Crippen LogP contribution in [0.1, 0.15) is 6.92 Å². The SMILES string of the molecule is CC[N+]([SiH2]c1ccccc1)=[Si](c1ccccc1)c1ccccc1. The Bertz CT molecular complexity index is 727. The highest BCUT2D eigenvalue weighted by molar-refractivity contribution is 6.75. The topological polar surface area (TPSA) is 3.01 Å². The van der Waals surface area contributed by atoms with Crippen molar-refractivity contribution in [1.29, 1.82) is 0 Å². The van der Waals surface area contributed by atoms with Crippen LogP contribution in [-0.2, 0) is 0 Å². The average Bonchev–Trinajstić information content (AvgIpc) is 2.64. The molecule has 0 radical (unpaired) electrons. The Hall–Kier alpha value is -2.11. The predicted octanol–water partition coefficient (Wildman–Crippen LogP) is 1.50. The van der Waals surface area contributed by atoms with E-state index in [0.29, 0.717) is 0 Å². The van der Waals surface area contributed by atoms with Crippen molar-refractivity contribution >= 4 is 33.8 Å². The van der Waals surface area contributed by atoms with E-state index in [4.69, 9.17) is 0 Å². The van der Waals surface area contributed by atoms with Crippen LogP contribution in [0.15, 0.2) is 91.0 Å². The average molecular weight is 333 g/mol. The minimum absolute atomic E-state index is 0.454. The molecule has 3 aromatic rings. The standard InChI is InChI=1S/C20H22NSi2/c1-2-21(22-18-12-6-3-7-13-18)23(19-14-8-4-9-15-19)20-16-10-5-11-17-20/h3-17H,2,22H2,1H3/q+1. The van der Waals surface area contributed by atoms with Gasteiger partial charge in [-0.1, -0.05) is 91.0 Å². The van der Waals surface area contributed by atoms with Crippen LogP contribution in [0.2, 0.25) is 0 Å². The first-order valence-electron chi connectivity index (χ1n) is 8.15. The first-order valence-corrected chi connectivity index (χ1v) is 10.9. The molecule has 0 aliphatic carbocycles. The van der Waals surface area contributed by atoms with Crippen LogP contribution >= 0.6 is 0 Å². The molecule has 0 aliphatic rings. The van der Waals surface area contributed by atoms with Crippen molar-refractivity contribution in [2.75, 3.05) is 6.54 Å². The summed E-state index contributed by atoms with van der Waals surface area (Å²) >= 11 is 0. The van der Waals surface area contributed by atoms with Crippen molar-refractivity contribution in [1.82, 2.24) is 0 Å². The lowest BCUT2D eigenvalue weighted by molar-refractivity contribution is -0.360. The van der Waals surface area contributed by atoms with E-state index in [1.54, 1.807) is 0 Å². The van der Waals surface area contributed by atoms with E-state index >= 15 is 0 Å². The fraction of sp³-hybridized carbons (Fsp3) is 0.100. The summed E-state index contributed by atoms with van der Waals surface area (Å²) in [5, 5.41) is 4.48. The molecule has 0 saturated carbocycles. The predicted molar refractivity (Wildman–Crippen MR) is 103 cm³/mol. The second-order valence-corrected chi connectivity index (χ2v) is 10.6. The summed E-state index contributed by atoms with van der Waals surface area (Å²) in [6.45, 7) is 3.41. The van der Waals surface area contributed by atoms with Gasteiger partial charge in [-0.2, -0.15) is 0 Å². The van der Waals surface area contributed by atoms with Gasteiger partial charge in [-0.15, -0.1) is 0 Å². The molecule has 3 aromatic carbocycles. The molecule has 23 heavy (non-hydrogen) atoms. The summed E-state index contributed by atoms with van der Waals surface area (Å²) in [6, 6.07) is 33.1. The molecular formula is C20H22NSi2+. The van der Waals surface area contributed by atoms with Crippen molar-refractivity contribution in [3.8, 4) is 0 Å². The molecule has 1 nitrogen and oxygen atoms in total. The molecule has 0 spiro atoms. The molecule has 0 fully saturated rings. The molecule has 0 unspecified atom stereocenters. The van der Waals surface area contributed by atoms with E-state index < -0.39 is 18.3 Å². The molecule has 0 aliphatic heterocycles. The normalized spacial score (nSPS) is 10.8. The molecule has 0 bridgehead atoms. The Balaban J connectivity index is 2.12. The number of nitrogens with zero attached hydrogens (tertiary/aromatic N) is 1. The van der Waals surface area contributed by atoms with E-state index in [9.17, 15) is 0 Å². The zero-order valence-corrected chi connectivity index (χ0v) is 15.9. The number of benzene rings is 3. The zero-order chi connectivity index (χ0) is 15.9. The molecule has 0 N–H and O–H groups in total. The van der Waals surface area contributed by atoms with Crippen molar-refractivity contribution < 1.29 is 3.88 Å². The largest absolute Gasteiger partial charge is 0.389 e. The van der Waals surface area contributed by atoms with Gasteiger partial charge < -0.3 is 3.88 Å². The third kappa shape index (κ3) is 4.00. The molecule has 0 atom stereocenters. The molecule has 3 heteroatoms. The smallest absolute Gasteiger partial charge is 0.387 e. The van der Waals surface area contributed by atoms with Crippen LogP contribution in [0.5, 0.6) is 0 Å². The van der Waals surface area contributed by atoms with E-state index in [1.165, 1.54) is 15.6 Å². The zero-order valence-electron chi connectivity index (χ0n) is 13.5. The number of rotatable bonds is 5. The van der Waals surface area contributed by atoms with Gasteiger partial charge in [-0.3, -0.25) is 0 Å². The Kier molecular flexibility index (Phi) is 5.45. The van der Waals surface area contributed by atoms with Gasteiger partial charge in [0, 0.05) is 10.4 Å². The summed E-state index contributed by atoms with van der Waals surface area (Å²) in [5.74, 6) is 0. The van der Waals surface area contributed by atoms with Gasteiger partial charge in [0.2, 0.25) is 0 Å². The molecule has 0 saturated heterocycles. The monoisotopic (exact) mass is 332 g/mol. The first kappa shape index (κ1) is 15.8. The van der Waals surface area contributed by atoms with Gasteiger partial charge in [0.1, 0.15) is 6.54 Å². The van der Waals surface area contributed by atoms with Crippen molar-refractivity contribution in [3.05, 3.63) is 91.0 Å². The molecule has 0 aromatic heterocycles. The summed E-state index contributed by atoms with van der Waals surface area (Å²) in [4.78, 5) is 0. The summed E-state index contributed by atoms with van der Waals surface area (Å²) in [7, 11) is -1.35. The molecule has 0 amide bonds. The van der Waals surface area contributed by atoms with Crippen LogP contribution in [0.25, 0.3) is 0 Å². The van der Waals surface area contributed by atoms with Gasteiger partial charge >= 0.3 is 18.3 Å². The molecule has 3 rings (SSSR count). The fourth-order valence-electron chi connectivity index (χ4n) is 2.88. The number of hydrogen-bond acceptors (Lipinski definition) is 0. The van der Waals surface area contributed by atoms with Crippen LogP contribution < -0.4 is 15.6 Å². The van der Waals surface area contributed by atoms with Gasteiger partial charge in [0.25, 0.3) is 0 Å². The second kappa shape index (κ2) is 7.95. The van der Waals surface area contributed by atoms with Gasteiger partial charge in [0.15, 0.2) is 0 Å². The number of hydrogen-bond donors (Lipinski definition) is 0. The Morgan fingerprint density at radius 3 is 1.57 bits per heavy atom. The van der Waals surface area contributed by atoms with Crippen molar-refractivity contribution in [2.24, 2.45) is 0 Å². The molecule has 0 heterocycles. The van der Waals surface area contributed by atoms with Crippen LogP contribution in [0.4, 0.5) is 0 Å². The summed E-state index contributed by atoms with van der Waals surface area (Å²) < 4.78 is 2.77. The Labute approximate surface area is 142 Å². The highest BCUT2D eigenvalue weighted by atomic mass is 28.3. The highest BCUT2D eigenvalue weighted by Gasteiger charge is 2.21. The van der Waals surface area contributed by atoms with Gasteiger partial charge in [-0.05, 0) is 12.1 Å². The van der Waals surface area contributed by atoms with Gasteiger partial charge in [-0.25, -0.2) is 0 Å². The lowest BCUT2D eigenvalue weighted by atomic mass is 10.4. The lowest BCUT2D eigenvalue weighted by Gasteiger charge is -2.10. The van der Waals surface area contributed by atoms with E-state index in [-0.39, 0.29) is 0 Å². The second-order valence-electron chi connectivity index (χ2n) is 5.58. The summed E-state index contributed by atoms with van der Waals surface area (Å²) in [5.41, 5.74) is 0. The summed E-state index contributed by atoms with van der Waals surface area (Å²) in [6.07, 6.45) is 0. The van der Waals surface area contributed by atoms with Crippen molar-refractivity contribution in [2.45, 2.75) is 6.92 Å². The maximum absolute atomic E-state index is 2.77. The Morgan fingerprint density at radius 1 is 0.696 bits per heavy atom. The van der Waals surface area contributed by atoms with Crippen LogP contribution in [-0.4, -0.2) is 28.7 Å². The quantitative estimate of drug-likeness (QED) is 0.623.